The molecule has 0 radical (unpaired) electrons. The van der Waals surface area contributed by atoms with Gasteiger partial charge in [-0.1, -0.05) is 6.92 Å². The molecule has 6 heteroatoms. The van der Waals surface area contributed by atoms with Crippen LogP contribution in [0.25, 0.3) is 0 Å². The van der Waals surface area contributed by atoms with Crippen LogP contribution in [0.4, 0.5) is 0 Å². The van der Waals surface area contributed by atoms with Crippen molar-refractivity contribution >= 4 is 11.9 Å². The molecule has 0 aromatic rings. The number of hydrogen-bond acceptors (Lipinski definition) is 5. The molecule has 1 heterocycles. The van der Waals surface area contributed by atoms with Crippen LogP contribution in [-0.4, -0.2) is 25.2 Å². The topological polar surface area (TPSA) is 75.7 Å². The van der Waals surface area contributed by atoms with E-state index in [1.54, 1.807) is 13.8 Å². The minimum atomic E-state index is -0.992. The van der Waals surface area contributed by atoms with E-state index in [0.29, 0.717) is 0 Å². The Morgan fingerprint density at radius 3 is 2.67 bits per heavy atom. The van der Waals surface area contributed by atoms with Gasteiger partial charge in [0.25, 0.3) is 0 Å². The van der Waals surface area contributed by atoms with Gasteiger partial charge in [-0.2, -0.15) is 0 Å². The molecule has 0 aromatic carbocycles. The fourth-order valence-electron chi connectivity index (χ4n) is 1.19. The molecule has 1 aliphatic rings. The first-order valence-corrected chi connectivity index (χ1v) is 4.33. The summed E-state index contributed by atoms with van der Waals surface area (Å²) in [7, 11) is 0. The average Bonchev–Trinajstić information content (AvgIpc) is 2.46. The Kier molecular flexibility index (Phi) is 5.93. The molecule has 0 bridgehead atoms. The molecule has 1 saturated heterocycles. The van der Waals surface area contributed by atoms with Gasteiger partial charge in [0.05, 0.1) is 13.2 Å². The van der Waals surface area contributed by atoms with Crippen LogP contribution in [0.2, 0.25) is 0 Å². The summed E-state index contributed by atoms with van der Waals surface area (Å²) in [6, 6.07) is 0. The van der Waals surface area contributed by atoms with Crippen molar-refractivity contribution in [3.63, 3.8) is 0 Å². The number of ether oxygens (including phenoxy) is 2. The summed E-state index contributed by atoms with van der Waals surface area (Å²) in [6.07, 6.45) is 0. The molecular weight excluding hydrogens is 211 g/mol. The first kappa shape index (κ1) is 14.5. The Hall–Kier alpha value is -0.520. The standard InChI is InChI=1S/C9H12O5.Na/c1-3-13-9(12)7(10)6-5(2)4-14-8(6)11;/h5,10H,3-4H2,1-2H3;/q;+1/p-1/b7-6+;. The molecule has 15 heavy (non-hydrogen) atoms. The van der Waals surface area contributed by atoms with E-state index in [1.165, 1.54) is 0 Å². The first-order valence-electron chi connectivity index (χ1n) is 4.33. The third-order valence-corrected chi connectivity index (χ3v) is 1.88. The maximum Gasteiger partial charge on any atom is 1.00 e. The van der Waals surface area contributed by atoms with Crippen LogP contribution in [0.1, 0.15) is 13.8 Å². The van der Waals surface area contributed by atoms with Gasteiger partial charge in [-0.15, -0.1) is 0 Å². The van der Waals surface area contributed by atoms with E-state index >= 15 is 0 Å². The summed E-state index contributed by atoms with van der Waals surface area (Å²) in [5.74, 6) is -2.93. The van der Waals surface area contributed by atoms with Crippen LogP contribution >= 0.6 is 0 Å². The van der Waals surface area contributed by atoms with Crippen LogP contribution in [0.3, 0.4) is 0 Å². The fraction of sp³-hybridized carbons (Fsp3) is 0.556. The number of carbonyl (C=O) groups excluding carboxylic acids is 2. The summed E-state index contributed by atoms with van der Waals surface area (Å²) in [4.78, 5) is 22.1. The van der Waals surface area contributed by atoms with Gasteiger partial charge in [-0.25, -0.2) is 9.59 Å². The van der Waals surface area contributed by atoms with Gasteiger partial charge < -0.3 is 14.6 Å². The van der Waals surface area contributed by atoms with Gasteiger partial charge in [0.2, 0.25) is 0 Å². The van der Waals surface area contributed by atoms with Gasteiger partial charge in [0.1, 0.15) is 0 Å². The number of esters is 2. The summed E-state index contributed by atoms with van der Waals surface area (Å²) < 4.78 is 9.12. The van der Waals surface area contributed by atoms with Crippen LogP contribution in [0, 0.1) is 5.92 Å². The van der Waals surface area contributed by atoms with E-state index in [9.17, 15) is 14.7 Å². The van der Waals surface area contributed by atoms with E-state index in [4.69, 9.17) is 0 Å². The molecule has 0 aliphatic carbocycles. The molecule has 78 valence electrons. The van der Waals surface area contributed by atoms with Crippen LogP contribution in [-0.2, 0) is 19.1 Å². The molecule has 1 rings (SSSR count). The Labute approximate surface area is 110 Å². The SMILES string of the molecule is CCOC(=O)/C([O-])=C1\C(=O)OCC1C.[Na+]. The monoisotopic (exact) mass is 222 g/mol. The van der Waals surface area contributed by atoms with Gasteiger partial charge in [0, 0.05) is 11.5 Å². The largest absolute Gasteiger partial charge is 1.00 e. The zero-order valence-corrected chi connectivity index (χ0v) is 11.0. The van der Waals surface area contributed by atoms with Crippen molar-refractivity contribution in [3.8, 4) is 0 Å². The van der Waals surface area contributed by atoms with Gasteiger partial charge in [-0.3, -0.25) is 0 Å². The van der Waals surface area contributed by atoms with Crippen molar-refractivity contribution in [2.24, 2.45) is 5.92 Å². The van der Waals surface area contributed by atoms with Crippen molar-refractivity contribution in [1.82, 2.24) is 0 Å². The van der Waals surface area contributed by atoms with Crippen molar-refractivity contribution in [3.05, 3.63) is 11.3 Å². The maximum atomic E-state index is 11.3. The average molecular weight is 222 g/mol. The molecule has 1 atom stereocenters. The smallest absolute Gasteiger partial charge is 0.867 e. The molecule has 1 aliphatic heterocycles. The quantitative estimate of drug-likeness (QED) is 0.208. The zero-order chi connectivity index (χ0) is 10.7. The number of rotatable bonds is 2. The van der Waals surface area contributed by atoms with E-state index in [2.05, 4.69) is 9.47 Å². The molecule has 0 saturated carbocycles. The van der Waals surface area contributed by atoms with Crippen LogP contribution < -0.4 is 34.7 Å². The minimum Gasteiger partial charge on any atom is -0.867 e. The molecule has 1 unspecified atom stereocenters. The van der Waals surface area contributed by atoms with Crippen LogP contribution in [0.5, 0.6) is 0 Å². The predicted octanol–water partition coefficient (Wildman–Crippen LogP) is -3.64. The molecule has 0 amide bonds. The number of cyclic esters (lactones) is 1. The number of hydrogen-bond donors (Lipinski definition) is 0. The van der Waals surface area contributed by atoms with Crippen molar-refractivity contribution in [2.75, 3.05) is 13.2 Å². The molecule has 0 aromatic heterocycles. The summed E-state index contributed by atoms with van der Waals surface area (Å²) >= 11 is 0. The van der Waals surface area contributed by atoms with Gasteiger partial charge in [0.15, 0.2) is 0 Å². The molecule has 1 fully saturated rings. The summed E-state index contributed by atoms with van der Waals surface area (Å²) in [5, 5.41) is 11.3. The second-order valence-corrected chi connectivity index (χ2v) is 2.96. The van der Waals surface area contributed by atoms with Gasteiger partial charge >= 0.3 is 41.5 Å². The first-order chi connectivity index (χ1) is 6.57. The predicted molar refractivity (Wildman–Crippen MR) is 43.8 cm³/mol. The Balaban J connectivity index is 0.00000196. The Bertz CT molecular complexity index is 297. The second-order valence-electron chi connectivity index (χ2n) is 2.96. The molecule has 0 N–H and O–H groups in total. The van der Waals surface area contributed by atoms with Crippen molar-refractivity contribution in [2.45, 2.75) is 13.8 Å². The molecule has 0 spiro atoms. The van der Waals surface area contributed by atoms with E-state index in [0.717, 1.165) is 0 Å². The van der Waals surface area contributed by atoms with Crippen molar-refractivity contribution in [1.29, 1.82) is 0 Å². The minimum absolute atomic E-state index is 0. The maximum absolute atomic E-state index is 11.3. The van der Waals surface area contributed by atoms with Gasteiger partial charge in [-0.05, 0) is 12.7 Å². The van der Waals surface area contributed by atoms with E-state index in [1.807, 2.05) is 0 Å². The Morgan fingerprint density at radius 1 is 1.67 bits per heavy atom. The Morgan fingerprint density at radius 2 is 2.27 bits per heavy atom. The fourth-order valence-corrected chi connectivity index (χ4v) is 1.19. The summed E-state index contributed by atoms with van der Waals surface area (Å²) in [5.41, 5.74) is -0.108. The summed E-state index contributed by atoms with van der Waals surface area (Å²) in [6.45, 7) is 3.50. The third-order valence-electron chi connectivity index (χ3n) is 1.88. The number of carbonyl (C=O) groups is 2. The van der Waals surface area contributed by atoms with Crippen molar-refractivity contribution < 1.29 is 53.7 Å². The normalized spacial score (nSPS) is 22.8. The second kappa shape index (κ2) is 6.15. The molecular formula is C9H11NaO5. The zero-order valence-electron chi connectivity index (χ0n) is 9.03. The van der Waals surface area contributed by atoms with E-state index < -0.39 is 17.7 Å². The van der Waals surface area contributed by atoms with Crippen LogP contribution in [0.15, 0.2) is 11.3 Å². The van der Waals surface area contributed by atoms with E-state index in [-0.39, 0.29) is 54.3 Å². The third kappa shape index (κ3) is 3.22. The molecule has 5 nitrogen and oxygen atoms in total.